The summed E-state index contributed by atoms with van der Waals surface area (Å²) in [7, 11) is 1.81. The highest BCUT2D eigenvalue weighted by Crippen LogP contribution is 2.21. The van der Waals surface area contributed by atoms with Crippen LogP contribution in [0.1, 0.15) is 12.3 Å². The van der Waals surface area contributed by atoms with Crippen molar-refractivity contribution in [3.63, 3.8) is 0 Å². The fourth-order valence-electron chi connectivity index (χ4n) is 1.77. The van der Waals surface area contributed by atoms with Crippen molar-refractivity contribution in [3.05, 3.63) is 24.1 Å². The van der Waals surface area contributed by atoms with Gasteiger partial charge in [0.15, 0.2) is 17.3 Å². The van der Waals surface area contributed by atoms with E-state index in [4.69, 9.17) is 9.68 Å². The zero-order valence-corrected chi connectivity index (χ0v) is 10.3. The molecule has 0 saturated carbocycles. The first-order chi connectivity index (χ1) is 8.60. The number of oxazole rings is 1. The van der Waals surface area contributed by atoms with E-state index in [0.717, 1.165) is 11.2 Å². The van der Waals surface area contributed by atoms with Gasteiger partial charge in [0.2, 0.25) is 0 Å². The molecular formula is C13H13N3O2. The molecule has 2 rings (SSSR count). The molecule has 0 atom stereocenters. The van der Waals surface area contributed by atoms with Crippen molar-refractivity contribution in [2.45, 2.75) is 13.3 Å². The lowest BCUT2D eigenvalue weighted by atomic mass is 10.2. The Morgan fingerprint density at radius 2 is 2.33 bits per heavy atom. The highest BCUT2D eigenvalue weighted by molar-refractivity contribution is 5.86. The topological polar surface area (TPSA) is 70.1 Å². The molecule has 0 fully saturated rings. The zero-order chi connectivity index (χ0) is 13.1. The fraction of sp³-hybridized carbons (Fsp3) is 0.308. The number of carbonyl (C=O) groups excluding carboxylic acids is 1. The van der Waals surface area contributed by atoms with E-state index in [1.54, 1.807) is 18.9 Å². The van der Waals surface area contributed by atoms with Gasteiger partial charge in [-0.3, -0.25) is 4.79 Å². The summed E-state index contributed by atoms with van der Waals surface area (Å²) in [5, 5.41) is 8.45. The minimum atomic E-state index is -0.103. The van der Waals surface area contributed by atoms with E-state index in [2.05, 4.69) is 4.98 Å². The van der Waals surface area contributed by atoms with Gasteiger partial charge in [-0.2, -0.15) is 5.26 Å². The maximum absolute atomic E-state index is 11.4. The lowest BCUT2D eigenvalue weighted by Crippen LogP contribution is -2.25. The van der Waals surface area contributed by atoms with Crippen LogP contribution in [0.3, 0.4) is 0 Å². The minimum absolute atomic E-state index is 0.0615. The predicted octanol–water partition coefficient (Wildman–Crippen LogP) is 2.06. The van der Waals surface area contributed by atoms with Crippen molar-refractivity contribution < 1.29 is 9.21 Å². The average Bonchev–Trinajstić information content (AvgIpc) is 2.68. The molecule has 5 nitrogen and oxygen atoms in total. The summed E-state index contributed by atoms with van der Waals surface area (Å²) in [6.07, 6.45) is -0.0615. The number of hydrogen-bond acceptors (Lipinski definition) is 5. The Balaban J connectivity index is 2.20. The van der Waals surface area contributed by atoms with Gasteiger partial charge < -0.3 is 9.32 Å². The number of ketones is 1. The van der Waals surface area contributed by atoms with Crippen LogP contribution in [-0.4, -0.2) is 24.4 Å². The molecule has 0 radical (unpaired) electrons. The summed E-state index contributed by atoms with van der Waals surface area (Å²) >= 11 is 0. The second-order valence-corrected chi connectivity index (χ2v) is 4.11. The van der Waals surface area contributed by atoms with Gasteiger partial charge in [0.25, 0.3) is 0 Å². The second kappa shape index (κ2) is 4.88. The molecule has 0 aliphatic heterocycles. The standard InChI is InChI=1S/C13H13N3O2/c1-9-15-12-4-3-10(7-13(12)18-9)16(2)8-11(17)5-6-14/h3-4,7H,5,8H2,1-2H3. The van der Waals surface area contributed by atoms with E-state index in [1.807, 2.05) is 24.3 Å². The molecule has 92 valence electrons. The van der Waals surface area contributed by atoms with E-state index in [9.17, 15) is 4.79 Å². The van der Waals surface area contributed by atoms with E-state index < -0.39 is 0 Å². The number of aryl methyl sites for hydroxylation is 1. The Labute approximate surface area is 105 Å². The molecule has 0 spiro atoms. The molecule has 5 heteroatoms. The molecule has 0 aliphatic rings. The van der Waals surface area contributed by atoms with Gasteiger partial charge in [0, 0.05) is 25.7 Å². The number of benzene rings is 1. The van der Waals surface area contributed by atoms with E-state index in [0.29, 0.717) is 11.5 Å². The smallest absolute Gasteiger partial charge is 0.192 e. The summed E-state index contributed by atoms with van der Waals surface area (Å²) in [4.78, 5) is 17.4. The van der Waals surface area contributed by atoms with Crippen LogP contribution >= 0.6 is 0 Å². The average molecular weight is 243 g/mol. The highest BCUT2D eigenvalue weighted by Gasteiger charge is 2.09. The highest BCUT2D eigenvalue weighted by atomic mass is 16.3. The monoisotopic (exact) mass is 243 g/mol. The molecule has 2 aromatic rings. The lowest BCUT2D eigenvalue weighted by Gasteiger charge is -2.17. The zero-order valence-electron chi connectivity index (χ0n) is 10.3. The Bertz CT molecular complexity index is 625. The third kappa shape index (κ3) is 2.48. The maximum atomic E-state index is 11.4. The van der Waals surface area contributed by atoms with Crippen molar-refractivity contribution in [2.24, 2.45) is 0 Å². The van der Waals surface area contributed by atoms with Crippen molar-refractivity contribution in [1.82, 2.24) is 4.98 Å². The normalized spacial score (nSPS) is 10.3. The summed E-state index contributed by atoms with van der Waals surface area (Å²) < 4.78 is 5.44. The maximum Gasteiger partial charge on any atom is 0.192 e. The number of carbonyl (C=O) groups is 1. The van der Waals surface area contributed by atoms with E-state index >= 15 is 0 Å². The van der Waals surface area contributed by atoms with Crippen molar-refractivity contribution in [1.29, 1.82) is 5.26 Å². The molecule has 1 aromatic heterocycles. The molecule has 0 bridgehead atoms. The summed E-state index contributed by atoms with van der Waals surface area (Å²) in [5.74, 6) is 0.513. The van der Waals surface area contributed by atoms with Crippen molar-refractivity contribution >= 4 is 22.6 Å². The summed E-state index contributed by atoms with van der Waals surface area (Å²) in [5.41, 5.74) is 2.36. The molecule has 1 aromatic carbocycles. The SMILES string of the molecule is Cc1nc2ccc(N(C)CC(=O)CC#N)cc2o1. The van der Waals surface area contributed by atoms with Crippen LogP contribution < -0.4 is 4.90 Å². The third-order valence-electron chi connectivity index (χ3n) is 2.61. The van der Waals surface area contributed by atoms with Crippen LogP contribution in [0, 0.1) is 18.3 Å². The molecule has 0 aliphatic carbocycles. The largest absolute Gasteiger partial charge is 0.441 e. The summed E-state index contributed by atoms with van der Waals surface area (Å²) in [6, 6.07) is 7.43. The molecular weight excluding hydrogens is 230 g/mol. The summed E-state index contributed by atoms with van der Waals surface area (Å²) in [6.45, 7) is 2.01. The van der Waals surface area contributed by atoms with Crippen LogP contribution in [-0.2, 0) is 4.79 Å². The van der Waals surface area contributed by atoms with E-state index in [1.165, 1.54) is 0 Å². The molecule has 0 amide bonds. The first-order valence-corrected chi connectivity index (χ1v) is 5.57. The number of aromatic nitrogens is 1. The van der Waals surface area contributed by atoms with Crippen molar-refractivity contribution in [2.75, 3.05) is 18.5 Å². The number of likely N-dealkylation sites (N-methyl/N-ethyl adjacent to an activating group) is 1. The molecule has 1 heterocycles. The van der Waals surface area contributed by atoms with Crippen molar-refractivity contribution in [3.8, 4) is 6.07 Å². The molecule has 0 saturated heterocycles. The quantitative estimate of drug-likeness (QED) is 0.822. The molecule has 0 N–H and O–H groups in total. The van der Waals surface area contributed by atoms with Gasteiger partial charge in [-0.15, -0.1) is 0 Å². The number of nitriles is 1. The van der Waals surface area contributed by atoms with Crippen LogP contribution in [0.2, 0.25) is 0 Å². The molecule has 0 unspecified atom stereocenters. The van der Waals surface area contributed by atoms with Gasteiger partial charge in [-0.25, -0.2) is 4.98 Å². The Kier molecular flexibility index (Phi) is 3.28. The number of fused-ring (bicyclic) bond motifs is 1. The van der Waals surface area contributed by atoms with Gasteiger partial charge in [-0.05, 0) is 12.1 Å². The van der Waals surface area contributed by atoms with Gasteiger partial charge in [0.05, 0.1) is 19.0 Å². The fourth-order valence-corrected chi connectivity index (χ4v) is 1.77. The first-order valence-electron chi connectivity index (χ1n) is 5.57. The Hall–Kier alpha value is -2.35. The van der Waals surface area contributed by atoms with Gasteiger partial charge in [-0.1, -0.05) is 0 Å². The Morgan fingerprint density at radius 1 is 1.56 bits per heavy atom. The minimum Gasteiger partial charge on any atom is -0.441 e. The Morgan fingerprint density at radius 3 is 3.06 bits per heavy atom. The van der Waals surface area contributed by atoms with Crippen LogP contribution in [0.15, 0.2) is 22.6 Å². The third-order valence-corrected chi connectivity index (χ3v) is 2.61. The number of Topliss-reactive ketones (excluding diaryl/α,β-unsaturated/α-hetero) is 1. The lowest BCUT2D eigenvalue weighted by molar-refractivity contribution is -0.116. The number of rotatable bonds is 4. The van der Waals surface area contributed by atoms with Gasteiger partial charge >= 0.3 is 0 Å². The number of anilines is 1. The number of hydrogen-bond donors (Lipinski definition) is 0. The second-order valence-electron chi connectivity index (χ2n) is 4.11. The van der Waals surface area contributed by atoms with Crippen LogP contribution in [0.5, 0.6) is 0 Å². The molecule has 18 heavy (non-hydrogen) atoms. The van der Waals surface area contributed by atoms with Crippen LogP contribution in [0.4, 0.5) is 5.69 Å². The predicted molar refractivity (Wildman–Crippen MR) is 67.3 cm³/mol. The first kappa shape index (κ1) is 12.1. The van der Waals surface area contributed by atoms with Gasteiger partial charge in [0.1, 0.15) is 5.52 Å². The number of nitrogens with zero attached hydrogens (tertiary/aromatic N) is 3. The van der Waals surface area contributed by atoms with E-state index in [-0.39, 0.29) is 18.7 Å². The van der Waals surface area contributed by atoms with Crippen LogP contribution in [0.25, 0.3) is 11.1 Å².